The highest BCUT2D eigenvalue weighted by atomic mass is 16.6. The van der Waals surface area contributed by atoms with Crippen molar-refractivity contribution in [2.75, 3.05) is 41.8 Å². The van der Waals surface area contributed by atoms with Gasteiger partial charge in [0.2, 0.25) is 5.82 Å². The SMILES string of the molecule is O=C(O)NC1(c2ccc(Nc3nc(Nc4ccc(N5CCOCC5)cc4)ccc3[N+](=O)[O-])cc2)CCC1. The van der Waals surface area contributed by atoms with E-state index >= 15 is 0 Å². The van der Waals surface area contributed by atoms with Gasteiger partial charge in [-0.25, -0.2) is 9.78 Å². The number of benzene rings is 2. The highest BCUT2D eigenvalue weighted by molar-refractivity contribution is 5.70. The average molecular weight is 505 g/mol. The van der Waals surface area contributed by atoms with Gasteiger partial charge in [0.15, 0.2) is 0 Å². The molecule has 0 bridgehead atoms. The third-order valence-electron chi connectivity index (χ3n) is 6.84. The zero-order valence-corrected chi connectivity index (χ0v) is 20.1. The van der Waals surface area contributed by atoms with Crippen molar-refractivity contribution >= 4 is 40.5 Å². The van der Waals surface area contributed by atoms with Crippen molar-refractivity contribution in [3.8, 4) is 0 Å². The summed E-state index contributed by atoms with van der Waals surface area (Å²) in [6.45, 7) is 3.13. The Labute approximate surface area is 213 Å². The van der Waals surface area contributed by atoms with Gasteiger partial charge in [0, 0.05) is 36.2 Å². The molecule has 2 aliphatic rings. The molecule has 0 unspecified atom stereocenters. The Bertz CT molecular complexity index is 1270. The number of rotatable bonds is 8. The molecule has 1 aromatic heterocycles. The van der Waals surface area contributed by atoms with Crippen molar-refractivity contribution in [1.82, 2.24) is 10.3 Å². The van der Waals surface area contributed by atoms with Crippen LogP contribution >= 0.6 is 0 Å². The molecule has 1 aliphatic carbocycles. The third-order valence-corrected chi connectivity index (χ3v) is 6.84. The largest absolute Gasteiger partial charge is 0.465 e. The lowest BCUT2D eigenvalue weighted by molar-refractivity contribution is -0.384. The van der Waals surface area contributed by atoms with Gasteiger partial charge in [-0.3, -0.25) is 10.1 Å². The minimum atomic E-state index is -1.05. The molecule has 1 aliphatic heterocycles. The van der Waals surface area contributed by atoms with Crippen molar-refractivity contribution in [2.45, 2.75) is 24.8 Å². The molecule has 2 aromatic carbocycles. The Morgan fingerprint density at radius 3 is 2.22 bits per heavy atom. The molecule has 37 heavy (non-hydrogen) atoms. The molecule has 5 rings (SSSR count). The standard InChI is InChI=1S/C26H28N6O5/c33-25(34)30-26(12-1-13-26)18-2-4-20(5-3-18)28-24-22(32(35)36)10-11-23(29-24)27-19-6-8-21(9-7-19)31-14-16-37-17-15-31/h2-11,30H,1,12-17H2,(H,33,34)(H2,27,28,29). The number of carbonyl (C=O) groups is 1. The van der Waals surface area contributed by atoms with Crippen LogP contribution in [-0.2, 0) is 10.3 Å². The van der Waals surface area contributed by atoms with Crippen LogP contribution in [0.25, 0.3) is 0 Å². The highest BCUT2D eigenvalue weighted by Crippen LogP contribution is 2.41. The van der Waals surface area contributed by atoms with Gasteiger partial charge in [0.05, 0.1) is 23.7 Å². The van der Waals surface area contributed by atoms with Crippen LogP contribution in [0.3, 0.4) is 0 Å². The number of ether oxygens (including phenoxy) is 1. The van der Waals surface area contributed by atoms with E-state index in [1.165, 1.54) is 6.07 Å². The molecule has 1 saturated heterocycles. The lowest BCUT2D eigenvalue weighted by Gasteiger charge is -2.42. The summed E-state index contributed by atoms with van der Waals surface area (Å²) in [7, 11) is 0. The number of anilines is 5. The quantitative estimate of drug-likeness (QED) is 0.247. The second kappa shape index (κ2) is 10.3. The van der Waals surface area contributed by atoms with Gasteiger partial charge in [-0.1, -0.05) is 12.1 Å². The monoisotopic (exact) mass is 504 g/mol. The Kier molecular flexibility index (Phi) is 6.78. The van der Waals surface area contributed by atoms with E-state index in [9.17, 15) is 20.0 Å². The predicted octanol–water partition coefficient (Wildman–Crippen LogP) is 4.96. The van der Waals surface area contributed by atoms with Gasteiger partial charge in [0.25, 0.3) is 0 Å². The van der Waals surface area contributed by atoms with E-state index < -0.39 is 16.6 Å². The van der Waals surface area contributed by atoms with E-state index in [0.717, 1.165) is 49.3 Å². The number of nitrogens with one attached hydrogen (secondary N) is 3. The fourth-order valence-electron chi connectivity index (χ4n) is 4.72. The molecule has 1 amide bonds. The second-order valence-electron chi connectivity index (χ2n) is 9.16. The molecule has 2 heterocycles. The summed E-state index contributed by atoms with van der Waals surface area (Å²) in [4.78, 5) is 29.1. The van der Waals surface area contributed by atoms with E-state index in [-0.39, 0.29) is 11.5 Å². The Morgan fingerprint density at radius 2 is 1.62 bits per heavy atom. The van der Waals surface area contributed by atoms with Crippen molar-refractivity contribution in [3.63, 3.8) is 0 Å². The number of hydrogen-bond acceptors (Lipinski definition) is 8. The number of amides is 1. The topological polar surface area (TPSA) is 142 Å². The Morgan fingerprint density at radius 1 is 0.973 bits per heavy atom. The minimum Gasteiger partial charge on any atom is -0.465 e. The fourth-order valence-corrected chi connectivity index (χ4v) is 4.72. The smallest absolute Gasteiger partial charge is 0.405 e. The Balaban J connectivity index is 1.31. The highest BCUT2D eigenvalue weighted by Gasteiger charge is 2.40. The lowest BCUT2D eigenvalue weighted by Crippen LogP contribution is -2.50. The first kappa shape index (κ1) is 24.3. The Hall–Kier alpha value is -4.38. The minimum absolute atomic E-state index is 0.106. The maximum atomic E-state index is 11.6. The van der Waals surface area contributed by atoms with Crippen molar-refractivity contribution in [2.24, 2.45) is 0 Å². The van der Waals surface area contributed by atoms with E-state index in [1.807, 2.05) is 36.4 Å². The molecule has 11 nitrogen and oxygen atoms in total. The zero-order valence-electron chi connectivity index (χ0n) is 20.1. The average Bonchev–Trinajstić information content (AvgIpc) is 2.88. The van der Waals surface area contributed by atoms with Gasteiger partial charge < -0.3 is 30.7 Å². The summed E-state index contributed by atoms with van der Waals surface area (Å²) in [6.07, 6.45) is 1.37. The van der Waals surface area contributed by atoms with Gasteiger partial charge in [-0.2, -0.15) is 0 Å². The molecular weight excluding hydrogens is 476 g/mol. The molecule has 0 spiro atoms. The number of carboxylic acid groups (broad SMARTS) is 1. The molecule has 0 atom stereocenters. The van der Waals surface area contributed by atoms with Gasteiger partial charge in [-0.05, 0) is 67.3 Å². The van der Waals surface area contributed by atoms with Crippen LogP contribution in [0.5, 0.6) is 0 Å². The molecule has 11 heteroatoms. The van der Waals surface area contributed by atoms with Gasteiger partial charge in [-0.15, -0.1) is 0 Å². The molecule has 4 N–H and O–H groups in total. The van der Waals surface area contributed by atoms with Crippen molar-refractivity contribution in [1.29, 1.82) is 0 Å². The van der Waals surface area contributed by atoms with E-state index in [4.69, 9.17) is 4.74 Å². The summed E-state index contributed by atoms with van der Waals surface area (Å²) in [5.74, 6) is 0.567. The van der Waals surface area contributed by atoms with Crippen molar-refractivity contribution in [3.05, 3.63) is 76.3 Å². The van der Waals surface area contributed by atoms with Crippen LogP contribution in [0.1, 0.15) is 24.8 Å². The molecular formula is C26H28N6O5. The predicted molar refractivity (Wildman–Crippen MR) is 140 cm³/mol. The van der Waals surface area contributed by atoms with E-state index in [0.29, 0.717) is 24.7 Å². The van der Waals surface area contributed by atoms with Crippen LogP contribution in [0.15, 0.2) is 60.7 Å². The van der Waals surface area contributed by atoms with E-state index in [2.05, 4.69) is 25.8 Å². The zero-order chi connectivity index (χ0) is 25.8. The maximum absolute atomic E-state index is 11.6. The summed E-state index contributed by atoms with van der Waals surface area (Å²) in [6, 6.07) is 18.1. The van der Waals surface area contributed by atoms with Crippen LogP contribution in [0.4, 0.5) is 39.2 Å². The van der Waals surface area contributed by atoms with Crippen LogP contribution in [0, 0.1) is 10.1 Å². The number of hydrogen-bond donors (Lipinski definition) is 4. The van der Waals surface area contributed by atoms with Gasteiger partial charge in [0.1, 0.15) is 5.82 Å². The van der Waals surface area contributed by atoms with Crippen LogP contribution in [-0.4, -0.2) is 47.4 Å². The van der Waals surface area contributed by atoms with Crippen molar-refractivity contribution < 1.29 is 19.6 Å². The number of morpholine rings is 1. The van der Waals surface area contributed by atoms with Gasteiger partial charge >= 0.3 is 11.8 Å². The molecule has 1 saturated carbocycles. The first-order valence-electron chi connectivity index (χ1n) is 12.2. The first-order valence-corrected chi connectivity index (χ1v) is 12.2. The lowest BCUT2D eigenvalue weighted by atomic mass is 9.72. The molecule has 3 aromatic rings. The molecule has 2 fully saturated rings. The number of nitro groups is 1. The van der Waals surface area contributed by atoms with Crippen LogP contribution in [0.2, 0.25) is 0 Å². The summed E-state index contributed by atoms with van der Waals surface area (Å²) in [5.41, 5.74) is 2.67. The molecule has 192 valence electrons. The molecule has 0 radical (unpaired) electrons. The number of pyridine rings is 1. The first-order chi connectivity index (χ1) is 17.9. The van der Waals surface area contributed by atoms with Crippen LogP contribution < -0.4 is 20.9 Å². The third kappa shape index (κ3) is 5.41. The normalized spacial score (nSPS) is 16.4. The summed E-state index contributed by atoms with van der Waals surface area (Å²) >= 11 is 0. The second-order valence-corrected chi connectivity index (χ2v) is 9.16. The van der Waals surface area contributed by atoms with E-state index in [1.54, 1.807) is 18.2 Å². The number of aromatic nitrogens is 1. The maximum Gasteiger partial charge on any atom is 0.405 e. The fraction of sp³-hybridized carbons (Fsp3) is 0.308. The summed E-state index contributed by atoms with van der Waals surface area (Å²) in [5, 5.41) is 29.7. The summed E-state index contributed by atoms with van der Waals surface area (Å²) < 4.78 is 5.41. The number of nitrogens with zero attached hydrogens (tertiary/aromatic N) is 3.